The standard InChI is InChI=1S/C21H24O5/c1-4-11-8-10(3)9-12(5-2)15(11)18-19(22)16-13-6-7-14(25-13)17(16)20(18)26-21(23)24/h8-9,13-14,16-17H,4-7H2,1-3H3,(H,23,24)/t13-,14+,16-,17+/m0/s1. The maximum atomic E-state index is 13.4. The fraction of sp³-hybridized carbons (Fsp3) is 0.524. The first kappa shape index (κ1) is 17.3. The average Bonchev–Trinajstić information content (AvgIpc) is 3.28. The third kappa shape index (κ3) is 2.41. The monoisotopic (exact) mass is 356 g/mol. The van der Waals surface area contributed by atoms with Crippen LogP contribution in [0.15, 0.2) is 17.9 Å². The first-order chi connectivity index (χ1) is 12.5. The number of allylic oxidation sites excluding steroid dienone is 1. The van der Waals surface area contributed by atoms with E-state index in [2.05, 4.69) is 26.0 Å². The number of benzene rings is 1. The minimum Gasteiger partial charge on any atom is -0.449 e. The quantitative estimate of drug-likeness (QED) is 0.828. The van der Waals surface area contributed by atoms with Crippen LogP contribution in [0, 0.1) is 18.8 Å². The van der Waals surface area contributed by atoms with Gasteiger partial charge in [-0.2, -0.15) is 0 Å². The zero-order chi connectivity index (χ0) is 18.6. The highest BCUT2D eigenvalue weighted by molar-refractivity contribution is 6.26. The summed E-state index contributed by atoms with van der Waals surface area (Å²) in [4.78, 5) is 24.8. The number of fused-ring (bicyclic) bond motifs is 5. The molecule has 1 aliphatic carbocycles. The van der Waals surface area contributed by atoms with Crippen molar-refractivity contribution in [1.29, 1.82) is 0 Å². The number of rotatable bonds is 4. The predicted molar refractivity (Wildman–Crippen MR) is 95.8 cm³/mol. The van der Waals surface area contributed by atoms with Gasteiger partial charge in [-0.3, -0.25) is 4.79 Å². The lowest BCUT2D eigenvalue weighted by molar-refractivity contribution is -0.118. The number of carboxylic acid groups (broad SMARTS) is 1. The van der Waals surface area contributed by atoms with Gasteiger partial charge in [0.1, 0.15) is 5.76 Å². The zero-order valence-corrected chi connectivity index (χ0v) is 15.4. The number of hydrogen-bond acceptors (Lipinski definition) is 4. The van der Waals surface area contributed by atoms with Crippen molar-refractivity contribution in [3.8, 4) is 0 Å². The van der Waals surface area contributed by atoms with Gasteiger partial charge in [-0.05, 0) is 49.3 Å². The van der Waals surface area contributed by atoms with E-state index in [-0.39, 0.29) is 29.8 Å². The number of ether oxygens (including phenoxy) is 2. The lowest BCUT2D eigenvalue weighted by Gasteiger charge is -2.21. The molecule has 1 N–H and O–H groups in total. The molecule has 5 nitrogen and oxygen atoms in total. The molecule has 2 aliphatic heterocycles. The van der Waals surface area contributed by atoms with E-state index in [0.29, 0.717) is 11.3 Å². The first-order valence-corrected chi connectivity index (χ1v) is 9.43. The number of hydrogen-bond donors (Lipinski definition) is 1. The molecular weight excluding hydrogens is 332 g/mol. The highest BCUT2D eigenvalue weighted by Gasteiger charge is 2.60. The van der Waals surface area contributed by atoms with Gasteiger partial charge in [0, 0.05) is 0 Å². The normalized spacial score (nSPS) is 29.4. The van der Waals surface area contributed by atoms with Gasteiger partial charge in [-0.15, -0.1) is 0 Å². The lowest BCUT2D eigenvalue weighted by Crippen LogP contribution is -2.29. The average molecular weight is 356 g/mol. The Morgan fingerprint density at radius 1 is 1.15 bits per heavy atom. The zero-order valence-electron chi connectivity index (χ0n) is 15.4. The van der Waals surface area contributed by atoms with E-state index >= 15 is 0 Å². The number of Topliss-reactive ketones (excluding diaryl/α,β-unsaturated/α-hetero) is 1. The van der Waals surface area contributed by atoms with Crippen molar-refractivity contribution >= 4 is 17.5 Å². The number of carbonyl (C=O) groups excluding carboxylic acids is 1. The molecule has 2 bridgehead atoms. The fourth-order valence-corrected chi connectivity index (χ4v) is 5.08. The van der Waals surface area contributed by atoms with E-state index in [1.54, 1.807) is 0 Å². The van der Waals surface area contributed by atoms with Crippen LogP contribution in [0.25, 0.3) is 5.57 Å². The number of carbonyl (C=O) groups is 2. The van der Waals surface area contributed by atoms with Crippen molar-refractivity contribution in [2.45, 2.75) is 58.7 Å². The summed E-state index contributed by atoms with van der Waals surface area (Å²) in [5.74, 6) is -0.253. The summed E-state index contributed by atoms with van der Waals surface area (Å²) < 4.78 is 11.1. The van der Waals surface area contributed by atoms with Gasteiger partial charge in [0.15, 0.2) is 5.78 Å². The van der Waals surface area contributed by atoms with Crippen molar-refractivity contribution in [1.82, 2.24) is 0 Å². The Morgan fingerprint density at radius 3 is 2.27 bits per heavy atom. The van der Waals surface area contributed by atoms with E-state index in [1.165, 1.54) is 0 Å². The van der Waals surface area contributed by atoms with Gasteiger partial charge in [0.2, 0.25) is 0 Å². The fourth-order valence-electron chi connectivity index (χ4n) is 5.08. The van der Waals surface area contributed by atoms with E-state index < -0.39 is 6.16 Å². The van der Waals surface area contributed by atoms with Crippen molar-refractivity contribution in [2.75, 3.05) is 0 Å². The molecule has 4 rings (SSSR count). The van der Waals surface area contributed by atoms with E-state index in [0.717, 1.165) is 47.9 Å². The van der Waals surface area contributed by atoms with Gasteiger partial charge in [-0.25, -0.2) is 4.79 Å². The Hall–Kier alpha value is -2.14. The second-order valence-corrected chi connectivity index (χ2v) is 7.48. The molecule has 0 spiro atoms. The summed E-state index contributed by atoms with van der Waals surface area (Å²) >= 11 is 0. The number of ketones is 1. The molecular formula is C21H24O5. The van der Waals surface area contributed by atoms with Crippen LogP contribution >= 0.6 is 0 Å². The molecule has 1 aromatic rings. The predicted octanol–water partition coefficient (Wildman–Crippen LogP) is 3.90. The third-order valence-corrected chi connectivity index (χ3v) is 6.03. The van der Waals surface area contributed by atoms with Crippen LogP contribution < -0.4 is 0 Å². The third-order valence-electron chi connectivity index (χ3n) is 6.03. The Balaban J connectivity index is 1.94. The molecule has 4 atom stereocenters. The maximum Gasteiger partial charge on any atom is 0.511 e. The highest BCUT2D eigenvalue weighted by atomic mass is 16.7. The molecule has 0 radical (unpaired) electrons. The van der Waals surface area contributed by atoms with E-state index in [9.17, 15) is 14.7 Å². The number of aryl methyl sites for hydroxylation is 3. The van der Waals surface area contributed by atoms with Crippen LogP contribution in [0.1, 0.15) is 48.9 Å². The Morgan fingerprint density at radius 2 is 1.73 bits per heavy atom. The van der Waals surface area contributed by atoms with Crippen LogP contribution in [-0.4, -0.2) is 29.3 Å². The molecule has 0 unspecified atom stereocenters. The van der Waals surface area contributed by atoms with E-state index in [1.807, 2.05) is 6.92 Å². The van der Waals surface area contributed by atoms with Gasteiger partial charge < -0.3 is 14.6 Å². The molecule has 1 aromatic carbocycles. The van der Waals surface area contributed by atoms with Crippen molar-refractivity contribution in [3.63, 3.8) is 0 Å². The van der Waals surface area contributed by atoms with Gasteiger partial charge in [0.25, 0.3) is 0 Å². The summed E-state index contributed by atoms with van der Waals surface area (Å²) in [5.41, 5.74) is 4.67. The summed E-state index contributed by atoms with van der Waals surface area (Å²) in [7, 11) is 0. The highest BCUT2D eigenvalue weighted by Crippen LogP contribution is 2.55. The molecule has 0 amide bonds. The molecule has 138 valence electrons. The minimum atomic E-state index is -1.36. The summed E-state index contributed by atoms with van der Waals surface area (Å²) in [6.45, 7) is 6.16. The molecule has 26 heavy (non-hydrogen) atoms. The van der Waals surface area contributed by atoms with Crippen molar-refractivity contribution < 1.29 is 24.2 Å². The molecule has 2 heterocycles. The van der Waals surface area contributed by atoms with Gasteiger partial charge in [-0.1, -0.05) is 31.5 Å². The van der Waals surface area contributed by atoms with Crippen molar-refractivity contribution in [3.05, 3.63) is 40.1 Å². The van der Waals surface area contributed by atoms with Crippen LogP contribution in [0.3, 0.4) is 0 Å². The van der Waals surface area contributed by atoms with Crippen molar-refractivity contribution in [2.24, 2.45) is 11.8 Å². The smallest absolute Gasteiger partial charge is 0.449 e. The lowest BCUT2D eigenvalue weighted by atomic mass is 9.80. The Bertz CT molecular complexity index is 797. The SMILES string of the molecule is CCc1cc(C)cc(CC)c1C1=C(OC(=O)O)[C@H]2[C@@H](C1=O)[C@@H]1CC[C@H]2O1. The Kier molecular flexibility index (Phi) is 4.14. The topological polar surface area (TPSA) is 72.8 Å². The molecule has 5 heteroatoms. The minimum absolute atomic E-state index is 0.00768. The molecule has 0 saturated carbocycles. The Labute approximate surface area is 153 Å². The van der Waals surface area contributed by atoms with Crippen LogP contribution in [0.2, 0.25) is 0 Å². The molecule has 2 fully saturated rings. The van der Waals surface area contributed by atoms with Crippen LogP contribution in [-0.2, 0) is 27.1 Å². The summed E-state index contributed by atoms with van der Waals surface area (Å²) in [6, 6.07) is 4.18. The maximum absolute atomic E-state index is 13.4. The van der Waals surface area contributed by atoms with Crippen LogP contribution in [0.5, 0.6) is 0 Å². The van der Waals surface area contributed by atoms with Gasteiger partial charge >= 0.3 is 6.16 Å². The largest absolute Gasteiger partial charge is 0.511 e. The molecule has 2 saturated heterocycles. The first-order valence-electron chi connectivity index (χ1n) is 9.43. The van der Waals surface area contributed by atoms with E-state index in [4.69, 9.17) is 9.47 Å². The summed E-state index contributed by atoms with van der Waals surface area (Å²) in [5, 5.41) is 9.30. The molecule has 0 aromatic heterocycles. The molecule has 3 aliphatic rings. The van der Waals surface area contributed by atoms with Gasteiger partial charge in [0.05, 0.1) is 29.6 Å². The summed E-state index contributed by atoms with van der Waals surface area (Å²) in [6.07, 6.45) is 1.69. The van der Waals surface area contributed by atoms with Crippen LogP contribution in [0.4, 0.5) is 4.79 Å². The second kappa shape index (κ2) is 6.23. The second-order valence-electron chi connectivity index (χ2n) is 7.48.